The first-order valence-corrected chi connectivity index (χ1v) is 28.9. The van der Waals surface area contributed by atoms with Crippen molar-refractivity contribution in [3.63, 3.8) is 0 Å². The summed E-state index contributed by atoms with van der Waals surface area (Å²) in [5.74, 6) is 0. The van der Waals surface area contributed by atoms with Crippen molar-refractivity contribution in [1.82, 2.24) is 0 Å². The smallest absolute Gasteiger partial charge is 0.0725 e. The average Bonchev–Trinajstić information content (AvgIpc) is 1.67. The standard InChI is InChI=1S/C26H18.C26H20.C11H16.C10H14.C8H10.CH4/c1-17-14-15-21-20-10-4-7-13-24(20)26(25(21)16-17)22-11-5-2-8-18(22)19-9-3-6-12-23(19)26;1-19-16-17-23-22-14-8-9-15-24(22)26(25(23)18-19,20-10-4-2-5-11-20)21-12-6-3-7-13-21;1-9-5-7-10(8-6-9)11(2,3)4;1-7-5-8(2)10(4)9(3)6-7;1-7-3-5-8(2)6-4-7;/h2-16H,1H3;2-18H,1H3;5-8H,1-4H3;5-6H,1-4H3;3-6H,1-2H3;1H4. The third kappa shape index (κ3) is 11.0. The summed E-state index contributed by atoms with van der Waals surface area (Å²) in [4.78, 5) is 0. The van der Waals surface area contributed by atoms with E-state index in [1.165, 1.54) is 134 Å². The molecule has 0 aromatic heterocycles. The molecule has 3 aliphatic rings. The van der Waals surface area contributed by atoms with Crippen LogP contribution < -0.4 is 0 Å². The summed E-state index contributed by atoms with van der Waals surface area (Å²) < 4.78 is 0. The van der Waals surface area contributed by atoms with E-state index in [-0.39, 0.29) is 23.7 Å². The minimum Gasteiger partial charge on any atom is -0.0776 e. The molecule has 11 aromatic rings. The zero-order chi connectivity index (χ0) is 57.1. The van der Waals surface area contributed by atoms with Crippen LogP contribution in [0.5, 0.6) is 0 Å². The summed E-state index contributed by atoms with van der Waals surface area (Å²) in [5, 5.41) is 0. The lowest BCUT2D eigenvalue weighted by molar-refractivity contribution is 0.590. The maximum Gasteiger partial charge on any atom is 0.0725 e. The average molecular weight is 1070 g/mol. The highest BCUT2D eigenvalue weighted by molar-refractivity contribution is 5.95. The zero-order valence-corrected chi connectivity index (χ0v) is 49.7. The monoisotopic (exact) mass is 1070 g/mol. The molecule has 3 aliphatic carbocycles. The second kappa shape index (κ2) is 24.3. The third-order valence-electron chi connectivity index (χ3n) is 17.0. The van der Waals surface area contributed by atoms with Gasteiger partial charge in [-0.2, -0.15) is 0 Å². The molecule has 0 radical (unpaired) electrons. The highest BCUT2D eigenvalue weighted by atomic mass is 14.5. The van der Waals surface area contributed by atoms with E-state index < -0.39 is 0 Å². The molecule has 0 atom stereocenters. The third-order valence-corrected chi connectivity index (χ3v) is 17.0. The van der Waals surface area contributed by atoms with Crippen LogP contribution in [0.3, 0.4) is 0 Å². The molecule has 1 spiro atoms. The Kier molecular flexibility index (Phi) is 17.2. The first kappa shape index (κ1) is 58.1. The van der Waals surface area contributed by atoms with E-state index in [0.29, 0.717) is 0 Å². The molecule has 0 heteroatoms. The highest BCUT2D eigenvalue weighted by Gasteiger charge is 2.51. The minimum atomic E-state index is -0.263. The lowest BCUT2D eigenvalue weighted by Crippen LogP contribution is -2.28. The summed E-state index contributed by atoms with van der Waals surface area (Å²) in [5.41, 5.74) is 32.7. The Hall–Kier alpha value is -8.58. The second-order valence-corrected chi connectivity index (χ2v) is 23.8. The number of benzene rings is 11. The Labute approximate surface area is 492 Å². The molecule has 410 valence electrons. The molecule has 11 aromatic carbocycles. The summed E-state index contributed by atoms with van der Waals surface area (Å²) >= 11 is 0. The number of hydrogen-bond acceptors (Lipinski definition) is 0. The summed E-state index contributed by atoms with van der Waals surface area (Å²) in [6.45, 7) is 26.0. The van der Waals surface area contributed by atoms with E-state index in [2.05, 4.69) is 338 Å². The molecule has 0 N–H and O–H groups in total. The molecule has 0 amide bonds. The van der Waals surface area contributed by atoms with E-state index >= 15 is 0 Å². The summed E-state index contributed by atoms with van der Waals surface area (Å²) in [6, 6.07) is 93.1. The fourth-order valence-electron chi connectivity index (χ4n) is 12.7. The molecular weight excluding hydrogens is 985 g/mol. The van der Waals surface area contributed by atoms with Crippen molar-refractivity contribution < 1.29 is 0 Å². The van der Waals surface area contributed by atoms with Gasteiger partial charge >= 0.3 is 0 Å². The Bertz CT molecular complexity index is 3730. The van der Waals surface area contributed by atoms with Gasteiger partial charge in [0, 0.05) is 0 Å². The van der Waals surface area contributed by atoms with Crippen LogP contribution >= 0.6 is 0 Å². The van der Waals surface area contributed by atoms with Crippen molar-refractivity contribution in [2.45, 2.75) is 107 Å². The molecular formula is C82H82. The van der Waals surface area contributed by atoms with Crippen LogP contribution in [0.4, 0.5) is 0 Å². The fraction of sp³-hybridized carbons (Fsp3) is 0.195. The van der Waals surface area contributed by atoms with Crippen LogP contribution in [-0.2, 0) is 16.2 Å². The lowest BCUT2D eigenvalue weighted by Gasteiger charge is -2.34. The van der Waals surface area contributed by atoms with Gasteiger partial charge in [-0.25, -0.2) is 0 Å². The highest BCUT2D eigenvalue weighted by Crippen LogP contribution is 2.63. The van der Waals surface area contributed by atoms with Gasteiger partial charge in [0.2, 0.25) is 0 Å². The molecule has 0 heterocycles. The zero-order valence-electron chi connectivity index (χ0n) is 49.7. The maximum absolute atomic E-state index is 2.40. The fourth-order valence-corrected chi connectivity index (χ4v) is 12.7. The largest absolute Gasteiger partial charge is 0.0776 e. The Morgan fingerprint density at radius 2 is 0.524 bits per heavy atom. The van der Waals surface area contributed by atoms with E-state index in [4.69, 9.17) is 0 Å². The van der Waals surface area contributed by atoms with Crippen molar-refractivity contribution in [2.24, 2.45) is 0 Å². The number of hydrogen-bond donors (Lipinski definition) is 0. The van der Waals surface area contributed by atoms with E-state index in [1.54, 1.807) is 0 Å². The van der Waals surface area contributed by atoms with Crippen LogP contribution in [0.2, 0.25) is 0 Å². The molecule has 82 heavy (non-hydrogen) atoms. The molecule has 0 unspecified atom stereocenters. The lowest BCUT2D eigenvalue weighted by atomic mass is 9.67. The molecule has 0 bridgehead atoms. The Morgan fingerprint density at radius 3 is 0.878 bits per heavy atom. The predicted molar refractivity (Wildman–Crippen MR) is 354 cm³/mol. The van der Waals surface area contributed by atoms with Crippen LogP contribution in [0.1, 0.15) is 128 Å². The quantitative estimate of drug-likeness (QED) is 0.162. The van der Waals surface area contributed by atoms with Gasteiger partial charge in [-0.15, -0.1) is 0 Å². The van der Waals surface area contributed by atoms with Gasteiger partial charge in [-0.3, -0.25) is 0 Å². The molecule has 0 fully saturated rings. The molecule has 0 saturated carbocycles. The van der Waals surface area contributed by atoms with Crippen molar-refractivity contribution in [2.75, 3.05) is 0 Å². The maximum atomic E-state index is 2.40. The van der Waals surface area contributed by atoms with Crippen molar-refractivity contribution in [3.05, 3.63) is 355 Å². The van der Waals surface area contributed by atoms with Gasteiger partial charge < -0.3 is 0 Å². The van der Waals surface area contributed by atoms with Crippen LogP contribution in [0.25, 0.3) is 33.4 Å². The van der Waals surface area contributed by atoms with Crippen LogP contribution in [0, 0.1) is 62.3 Å². The molecule has 0 aliphatic heterocycles. The van der Waals surface area contributed by atoms with Gasteiger partial charge in [-0.05, 0) is 168 Å². The molecule has 0 nitrogen and oxygen atoms in total. The summed E-state index contributed by atoms with van der Waals surface area (Å²) in [7, 11) is 0. The van der Waals surface area contributed by atoms with Gasteiger partial charge in [0.15, 0.2) is 0 Å². The first-order valence-electron chi connectivity index (χ1n) is 28.9. The SMILES string of the molecule is C.Cc1cc(C)c(C)c(C)c1.Cc1ccc(C(C)(C)C)cc1.Cc1ccc(C)cc1.Cc1ccc2c(c1)C(c1ccccc1)(c1ccccc1)c1ccccc1-2.Cc1ccc2c(c1)C1(c3ccccc3-c3ccccc31)c1ccccc1-2. The van der Waals surface area contributed by atoms with Gasteiger partial charge in [0.05, 0.1) is 10.8 Å². The Balaban J connectivity index is 0.000000134. The van der Waals surface area contributed by atoms with Crippen molar-refractivity contribution in [3.8, 4) is 33.4 Å². The predicted octanol–water partition coefficient (Wildman–Crippen LogP) is 21.8. The van der Waals surface area contributed by atoms with Crippen molar-refractivity contribution >= 4 is 0 Å². The van der Waals surface area contributed by atoms with E-state index in [9.17, 15) is 0 Å². The Morgan fingerprint density at radius 1 is 0.244 bits per heavy atom. The summed E-state index contributed by atoms with van der Waals surface area (Å²) in [6.07, 6.45) is 0. The second-order valence-electron chi connectivity index (χ2n) is 23.8. The topological polar surface area (TPSA) is 0 Å². The number of fused-ring (bicyclic) bond motifs is 13. The van der Waals surface area contributed by atoms with Crippen molar-refractivity contribution in [1.29, 1.82) is 0 Å². The first-order chi connectivity index (χ1) is 39.0. The normalized spacial score (nSPS) is 12.7. The van der Waals surface area contributed by atoms with E-state index in [1.807, 2.05) is 0 Å². The van der Waals surface area contributed by atoms with Gasteiger partial charge in [0.1, 0.15) is 0 Å². The number of rotatable bonds is 2. The number of aryl methyl sites for hydroxylation is 8. The van der Waals surface area contributed by atoms with Crippen LogP contribution in [-0.4, -0.2) is 0 Å². The van der Waals surface area contributed by atoms with Gasteiger partial charge in [0.25, 0.3) is 0 Å². The molecule has 0 saturated heterocycles. The van der Waals surface area contributed by atoms with Crippen LogP contribution in [0.15, 0.2) is 255 Å². The van der Waals surface area contributed by atoms with E-state index in [0.717, 1.165) is 0 Å². The van der Waals surface area contributed by atoms with Gasteiger partial charge in [-0.1, -0.05) is 316 Å². The minimum absolute atomic E-state index is 0. The molecule has 14 rings (SSSR count).